The number of aliphatic hydroxyl groups is 1. The molecule has 0 amide bonds. The number of carbonyl (C=O) groups is 3. The summed E-state index contributed by atoms with van der Waals surface area (Å²) >= 11 is 6.69. The molecule has 1 N–H and O–H groups in total. The smallest absolute Gasteiger partial charge is 0.308 e. The Morgan fingerprint density at radius 1 is 1.38 bits per heavy atom. The molecule has 180 valence electrons. The number of halogens is 1. The van der Waals surface area contributed by atoms with Crippen molar-refractivity contribution in [1.82, 2.24) is 0 Å². The zero-order chi connectivity index (χ0) is 23.4. The van der Waals surface area contributed by atoms with E-state index in [1.54, 1.807) is 0 Å². The third kappa shape index (κ3) is 5.66. The van der Waals surface area contributed by atoms with Gasteiger partial charge in [-0.1, -0.05) is 20.8 Å². The maximum atomic E-state index is 12.6. The number of esters is 2. The van der Waals surface area contributed by atoms with Crippen molar-refractivity contribution >= 4 is 30.0 Å². The average Bonchev–Trinajstić information content (AvgIpc) is 2.74. The number of fused-ring (bicyclic) bond motifs is 1. The Labute approximate surface area is 194 Å². The molecule has 9 atom stereocenters. The number of rotatable bonds is 8. The maximum Gasteiger partial charge on any atom is 0.308 e. The van der Waals surface area contributed by atoms with Crippen molar-refractivity contribution in [2.45, 2.75) is 95.5 Å². The fourth-order valence-electron chi connectivity index (χ4n) is 5.38. The summed E-state index contributed by atoms with van der Waals surface area (Å²) in [5, 5.41) is 9.74. The largest absolute Gasteiger partial charge is 0.462 e. The van der Waals surface area contributed by atoms with Gasteiger partial charge < -0.3 is 19.3 Å². The van der Waals surface area contributed by atoms with Gasteiger partial charge in [-0.3, -0.25) is 14.4 Å². The number of hydrogen-bond acceptors (Lipinski definition) is 7. The Kier molecular flexibility index (Phi) is 8.62. The highest BCUT2D eigenvalue weighted by Crippen LogP contribution is 2.48. The number of aliphatic hydroxyl groups excluding tert-OH is 1. The van der Waals surface area contributed by atoms with E-state index in [0.29, 0.717) is 45.0 Å². The minimum Gasteiger partial charge on any atom is -0.462 e. The zero-order valence-electron chi connectivity index (χ0n) is 19.1. The van der Waals surface area contributed by atoms with Crippen molar-refractivity contribution < 1.29 is 33.7 Å². The van der Waals surface area contributed by atoms with Crippen LogP contribution in [0, 0.1) is 23.7 Å². The molecule has 1 heterocycles. The van der Waals surface area contributed by atoms with Crippen molar-refractivity contribution in [1.29, 1.82) is 0 Å². The quantitative estimate of drug-likeness (QED) is 0.190. The van der Waals surface area contributed by atoms with Crippen LogP contribution in [0.2, 0.25) is 0 Å². The van der Waals surface area contributed by atoms with Crippen molar-refractivity contribution in [3.63, 3.8) is 0 Å². The first kappa shape index (κ1) is 25.0. The van der Waals surface area contributed by atoms with Gasteiger partial charge in [-0.25, -0.2) is 0 Å². The highest BCUT2D eigenvalue weighted by Gasteiger charge is 2.48. The molecule has 0 aromatic rings. The molecule has 32 heavy (non-hydrogen) atoms. The molecule has 0 radical (unpaired) electrons. The molecule has 1 saturated carbocycles. The fourth-order valence-corrected chi connectivity index (χ4v) is 5.73. The molecule has 0 aromatic heterocycles. The second-order valence-electron chi connectivity index (χ2n) is 9.52. The summed E-state index contributed by atoms with van der Waals surface area (Å²) in [4.78, 5) is 35.5. The van der Waals surface area contributed by atoms with E-state index in [1.165, 1.54) is 0 Å². The van der Waals surface area contributed by atoms with E-state index in [0.717, 1.165) is 5.57 Å². The van der Waals surface area contributed by atoms with Gasteiger partial charge in [0.1, 0.15) is 18.3 Å². The minimum absolute atomic E-state index is 0.0222. The van der Waals surface area contributed by atoms with Crippen LogP contribution in [-0.2, 0) is 28.6 Å². The van der Waals surface area contributed by atoms with E-state index in [2.05, 4.69) is 0 Å². The predicted octanol–water partition coefficient (Wildman–Crippen LogP) is 3.54. The van der Waals surface area contributed by atoms with E-state index in [-0.39, 0.29) is 59.6 Å². The van der Waals surface area contributed by atoms with Crippen molar-refractivity contribution in [2.24, 2.45) is 23.7 Å². The van der Waals surface area contributed by atoms with Crippen LogP contribution in [0.15, 0.2) is 11.6 Å². The molecule has 3 aliphatic rings. The Bertz CT molecular complexity index is 723. The van der Waals surface area contributed by atoms with Gasteiger partial charge in [0.25, 0.3) is 6.47 Å². The van der Waals surface area contributed by atoms with Gasteiger partial charge in [-0.15, -0.1) is 11.6 Å². The van der Waals surface area contributed by atoms with Crippen LogP contribution in [0.3, 0.4) is 0 Å². The number of cyclic esters (lactones) is 1. The number of alkyl halides is 1. The predicted molar refractivity (Wildman–Crippen MR) is 118 cm³/mol. The lowest BCUT2D eigenvalue weighted by molar-refractivity contribution is -0.163. The standard InChI is InChI=1S/C24H35ClO7/c1-4-13(2)24(29)32-20-8-7-19(25)18-11-21(30-12-26)14(3)17(23(18)20)6-5-16-9-15(27)10-22(28)31-16/h11-17,19-21,23,27H,4-10H2,1-3H3/t13-,14+,15+,16?,17-,19-,20?,21+,23+/m0/s1. The SMILES string of the molecule is CC[C@H](C)C(=O)OC1CC[C@H](Cl)C2=C[C@@H](OC=O)[C@H](C)[C@H](CCC3C[C@@H](O)CC(=O)O3)[C@H]21. The van der Waals surface area contributed by atoms with Gasteiger partial charge in [0, 0.05) is 18.3 Å². The lowest BCUT2D eigenvalue weighted by Gasteiger charge is -2.47. The molecule has 0 aromatic carbocycles. The molecule has 0 spiro atoms. The van der Waals surface area contributed by atoms with Crippen LogP contribution >= 0.6 is 11.6 Å². The van der Waals surface area contributed by atoms with E-state index in [9.17, 15) is 19.5 Å². The Hall–Kier alpha value is -1.60. The summed E-state index contributed by atoms with van der Waals surface area (Å²) in [5.74, 6) is -0.840. The maximum absolute atomic E-state index is 12.6. The van der Waals surface area contributed by atoms with Gasteiger partial charge in [-0.2, -0.15) is 0 Å². The van der Waals surface area contributed by atoms with E-state index in [4.69, 9.17) is 25.8 Å². The van der Waals surface area contributed by atoms with Gasteiger partial charge >= 0.3 is 11.9 Å². The van der Waals surface area contributed by atoms with E-state index < -0.39 is 12.2 Å². The molecule has 3 rings (SSSR count). The van der Waals surface area contributed by atoms with Crippen molar-refractivity contribution in [3.05, 3.63) is 11.6 Å². The highest BCUT2D eigenvalue weighted by atomic mass is 35.5. The molecule has 2 fully saturated rings. The Morgan fingerprint density at radius 2 is 2.12 bits per heavy atom. The normalized spacial score (nSPS) is 38.0. The second-order valence-corrected chi connectivity index (χ2v) is 10.1. The highest BCUT2D eigenvalue weighted by molar-refractivity contribution is 6.22. The fraction of sp³-hybridized carbons (Fsp3) is 0.792. The van der Waals surface area contributed by atoms with Crippen molar-refractivity contribution in [3.8, 4) is 0 Å². The lowest BCUT2D eigenvalue weighted by Crippen LogP contribution is -2.48. The molecule has 7 nitrogen and oxygen atoms in total. The molecule has 2 aliphatic carbocycles. The summed E-state index contributed by atoms with van der Waals surface area (Å²) in [6, 6.07) is 0. The summed E-state index contributed by atoms with van der Waals surface area (Å²) < 4.78 is 16.8. The molecular weight excluding hydrogens is 436 g/mol. The first-order valence-corrected chi connectivity index (χ1v) is 12.2. The van der Waals surface area contributed by atoms with E-state index in [1.807, 2.05) is 26.8 Å². The number of carbonyl (C=O) groups excluding carboxylic acids is 3. The van der Waals surface area contributed by atoms with Crippen LogP contribution < -0.4 is 0 Å². The zero-order valence-corrected chi connectivity index (χ0v) is 19.8. The van der Waals surface area contributed by atoms with Crippen LogP contribution in [0.5, 0.6) is 0 Å². The van der Waals surface area contributed by atoms with Gasteiger partial charge in [0.05, 0.1) is 23.8 Å². The molecule has 2 unspecified atom stereocenters. The number of ether oxygens (including phenoxy) is 3. The number of hydrogen-bond donors (Lipinski definition) is 1. The first-order chi connectivity index (χ1) is 15.2. The summed E-state index contributed by atoms with van der Waals surface area (Å²) in [5.41, 5.74) is 0.968. The molecule has 8 heteroatoms. The van der Waals surface area contributed by atoms with Crippen LogP contribution in [0.4, 0.5) is 0 Å². The topological polar surface area (TPSA) is 99.1 Å². The monoisotopic (exact) mass is 470 g/mol. The first-order valence-electron chi connectivity index (χ1n) is 11.8. The second kappa shape index (κ2) is 11.0. The van der Waals surface area contributed by atoms with Crippen LogP contribution in [-0.4, -0.2) is 53.3 Å². The third-order valence-corrected chi connectivity index (χ3v) is 7.89. The lowest BCUT2D eigenvalue weighted by atomic mass is 9.63. The summed E-state index contributed by atoms with van der Waals surface area (Å²) in [6.45, 7) is 6.31. The molecule has 0 bridgehead atoms. The third-order valence-electron chi connectivity index (χ3n) is 7.42. The van der Waals surface area contributed by atoms with Crippen LogP contribution in [0.1, 0.15) is 65.7 Å². The minimum atomic E-state index is -0.683. The van der Waals surface area contributed by atoms with Crippen LogP contribution in [0.25, 0.3) is 0 Å². The van der Waals surface area contributed by atoms with Gasteiger partial charge in [-0.05, 0) is 49.7 Å². The van der Waals surface area contributed by atoms with Crippen molar-refractivity contribution in [2.75, 3.05) is 0 Å². The van der Waals surface area contributed by atoms with E-state index >= 15 is 0 Å². The van der Waals surface area contributed by atoms with Gasteiger partial charge in [0.15, 0.2) is 0 Å². The van der Waals surface area contributed by atoms with Gasteiger partial charge in [0.2, 0.25) is 0 Å². The molecule has 1 aliphatic heterocycles. The Morgan fingerprint density at radius 3 is 2.78 bits per heavy atom. The molecular formula is C24H35ClO7. The molecule has 1 saturated heterocycles. The Balaban J connectivity index is 1.83. The summed E-state index contributed by atoms with van der Waals surface area (Å²) in [6.07, 6.45) is 3.97. The summed E-state index contributed by atoms with van der Waals surface area (Å²) in [7, 11) is 0. The average molecular weight is 471 g/mol.